The van der Waals surface area contributed by atoms with E-state index in [4.69, 9.17) is 0 Å². The Labute approximate surface area is 113 Å². The Bertz CT molecular complexity index is 308. The van der Waals surface area contributed by atoms with Gasteiger partial charge in [0.05, 0.1) is 6.04 Å². The summed E-state index contributed by atoms with van der Waals surface area (Å²) in [5.74, 6) is 1.56. The zero-order chi connectivity index (χ0) is 13.8. The normalized spacial score (nSPS) is 26.7. The Morgan fingerprint density at radius 3 is 2.44 bits per heavy atom. The van der Waals surface area contributed by atoms with E-state index in [1.165, 1.54) is 0 Å². The van der Waals surface area contributed by atoms with Gasteiger partial charge >= 0.3 is 0 Å². The molecular formula is C13H26N2O2S. The van der Waals surface area contributed by atoms with E-state index < -0.39 is 10.8 Å². The van der Waals surface area contributed by atoms with E-state index in [1.54, 1.807) is 0 Å². The highest BCUT2D eigenvalue weighted by Gasteiger charge is 2.25. The van der Waals surface area contributed by atoms with Gasteiger partial charge in [-0.15, -0.1) is 0 Å². The predicted molar refractivity (Wildman–Crippen MR) is 76.0 cm³/mol. The molecule has 18 heavy (non-hydrogen) atoms. The second-order valence-corrected chi connectivity index (χ2v) is 7.43. The van der Waals surface area contributed by atoms with Crippen LogP contribution in [-0.4, -0.2) is 39.2 Å². The summed E-state index contributed by atoms with van der Waals surface area (Å²) in [7, 11) is -0.644. The van der Waals surface area contributed by atoms with Gasteiger partial charge in [-0.05, 0) is 40.0 Å². The minimum Gasteiger partial charge on any atom is -0.350 e. The molecule has 0 radical (unpaired) electrons. The topological polar surface area (TPSA) is 58.2 Å². The molecule has 0 aliphatic carbocycles. The van der Waals surface area contributed by atoms with Crippen molar-refractivity contribution in [3.05, 3.63) is 0 Å². The lowest BCUT2D eigenvalue weighted by molar-refractivity contribution is -0.124. The fourth-order valence-corrected chi connectivity index (χ4v) is 3.22. The average molecular weight is 274 g/mol. The smallest absolute Gasteiger partial charge is 0.237 e. The van der Waals surface area contributed by atoms with Crippen molar-refractivity contribution >= 4 is 16.7 Å². The first-order valence-electron chi connectivity index (χ1n) is 6.77. The average Bonchev–Trinajstić information content (AvgIpc) is 2.31. The van der Waals surface area contributed by atoms with Crippen LogP contribution >= 0.6 is 0 Å². The molecule has 1 fully saturated rings. The lowest BCUT2D eigenvalue weighted by Gasteiger charge is -2.29. The first kappa shape index (κ1) is 15.6. The summed E-state index contributed by atoms with van der Waals surface area (Å²) in [6.07, 6.45) is 2.72. The summed E-state index contributed by atoms with van der Waals surface area (Å²) in [5, 5.41) is 6.38. The molecule has 0 bridgehead atoms. The van der Waals surface area contributed by atoms with Crippen LogP contribution in [0.1, 0.15) is 47.0 Å². The van der Waals surface area contributed by atoms with E-state index in [2.05, 4.69) is 17.6 Å². The maximum absolute atomic E-state index is 12.0. The monoisotopic (exact) mass is 274 g/mol. The van der Waals surface area contributed by atoms with Crippen LogP contribution in [-0.2, 0) is 15.6 Å². The maximum atomic E-state index is 12.0. The van der Waals surface area contributed by atoms with Gasteiger partial charge in [0.25, 0.3) is 0 Å². The van der Waals surface area contributed by atoms with E-state index >= 15 is 0 Å². The molecule has 0 aromatic carbocycles. The highest BCUT2D eigenvalue weighted by molar-refractivity contribution is 7.85. The van der Waals surface area contributed by atoms with Crippen molar-refractivity contribution in [1.82, 2.24) is 10.6 Å². The molecule has 2 N–H and O–H groups in total. The third-order valence-corrected chi connectivity index (χ3v) is 4.99. The van der Waals surface area contributed by atoms with Crippen molar-refractivity contribution in [3.8, 4) is 0 Å². The zero-order valence-electron chi connectivity index (χ0n) is 11.9. The molecule has 1 heterocycles. The van der Waals surface area contributed by atoms with E-state index in [0.717, 1.165) is 30.8 Å². The molecule has 1 aliphatic rings. The van der Waals surface area contributed by atoms with Crippen LogP contribution in [0.4, 0.5) is 0 Å². The van der Waals surface area contributed by atoms with Crippen molar-refractivity contribution in [3.63, 3.8) is 0 Å². The standard InChI is InChI=1S/C13H26N2O2S/c1-5-13(3,4)15-12(16)10(2)14-11-6-8-18(17)9-7-11/h10-11,14H,5-9H2,1-4H3,(H,15,16). The largest absolute Gasteiger partial charge is 0.350 e. The van der Waals surface area contributed by atoms with Gasteiger partial charge in [-0.2, -0.15) is 0 Å². The number of amides is 1. The second kappa shape index (κ2) is 6.66. The molecule has 4 nitrogen and oxygen atoms in total. The second-order valence-electron chi connectivity index (χ2n) is 5.74. The van der Waals surface area contributed by atoms with Crippen molar-refractivity contribution < 1.29 is 9.00 Å². The molecule has 0 aromatic rings. The van der Waals surface area contributed by atoms with E-state index in [-0.39, 0.29) is 17.5 Å². The van der Waals surface area contributed by atoms with E-state index in [0.29, 0.717) is 6.04 Å². The number of carbonyl (C=O) groups excluding carboxylic acids is 1. The summed E-state index contributed by atoms with van der Waals surface area (Å²) in [5.41, 5.74) is -0.152. The maximum Gasteiger partial charge on any atom is 0.237 e. The summed E-state index contributed by atoms with van der Waals surface area (Å²) in [6.45, 7) is 8.02. The molecule has 0 saturated carbocycles. The summed E-state index contributed by atoms with van der Waals surface area (Å²) >= 11 is 0. The molecule has 1 aliphatic heterocycles. The van der Waals surface area contributed by atoms with Crippen LogP contribution < -0.4 is 10.6 Å². The molecule has 0 aromatic heterocycles. The minimum atomic E-state index is -0.644. The van der Waals surface area contributed by atoms with Gasteiger partial charge in [0, 0.05) is 33.9 Å². The van der Waals surface area contributed by atoms with Crippen LogP contribution in [0.25, 0.3) is 0 Å². The number of carbonyl (C=O) groups is 1. The van der Waals surface area contributed by atoms with Crippen LogP contribution in [0.15, 0.2) is 0 Å². The highest BCUT2D eigenvalue weighted by atomic mass is 32.2. The number of hydrogen-bond donors (Lipinski definition) is 2. The predicted octanol–water partition coefficient (Wildman–Crippen LogP) is 1.18. The van der Waals surface area contributed by atoms with Gasteiger partial charge in [0.15, 0.2) is 0 Å². The highest BCUT2D eigenvalue weighted by Crippen LogP contribution is 2.11. The van der Waals surface area contributed by atoms with Crippen molar-refractivity contribution in [2.45, 2.75) is 64.6 Å². The fourth-order valence-electron chi connectivity index (χ4n) is 1.92. The Hall–Kier alpha value is -0.420. The Kier molecular flexibility index (Phi) is 5.79. The molecular weight excluding hydrogens is 248 g/mol. The third kappa shape index (κ3) is 5.06. The molecule has 1 atom stereocenters. The lowest BCUT2D eigenvalue weighted by Crippen LogP contribution is -2.53. The van der Waals surface area contributed by atoms with Gasteiger partial charge in [0.1, 0.15) is 0 Å². The SMILES string of the molecule is CCC(C)(C)NC(=O)C(C)NC1CCS(=O)CC1. The van der Waals surface area contributed by atoms with Crippen LogP contribution in [0.5, 0.6) is 0 Å². The summed E-state index contributed by atoms with van der Waals surface area (Å²) in [4.78, 5) is 12.0. The summed E-state index contributed by atoms with van der Waals surface area (Å²) in [6, 6.07) is 0.139. The Morgan fingerprint density at radius 1 is 1.39 bits per heavy atom. The fraction of sp³-hybridized carbons (Fsp3) is 0.923. The van der Waals surface area contributed by atoms with Crippen LogP contribution in [0, 0.1) is 0 Å². The van der Waals surface area contributed by atoms with Gasteiger partial charge in [-0.1, -0.05) is 6.92 Å². The van der Waals surface area contributed by atoms with Gasteiger partial charge in [0.2, 0.25) is 5.91 Å². The van der Waals surface area contributed by atoms with Crippen molar-refractivity contribution in [2.75, 3.05) is 11.5 Å². The summed E-state index contributed by atoms with van der Waals surface area (Å²) < 4.78 is 11.3. The molecule has 1 unspecified atom stereocenters. The Morgan fingerprint density at radius 2 is 1.94 bits per heavy atom. The van der Waals surface area contributed by atoms with Crippen LogP contribution in [0.2, 0.25) is 0 Å². The first-order chi connectivity index (χ1) is 8.34. The van der Waals surface area contributed by atoms with Gasteiger partial charge in [-0.3, -0.25) is 9.00 Å². The molecule has 106 valence electrons. The minimum absolute atomic E-state index is 0.0496. The van der Waals surface area contributed by atoms with Crippen LogP contribution in [0.3, 0.4) is 0 Å². The Balaban J connectivity index is 2.38. The molecule has 1 rings (SSSR count). The number of hydrogen-bond acceptors (Lipinski definition) is 3. The van der Waals surface area contributed by atoms with Gasteiger partial charge in [-0.25, -0.2) is 0 Å². The van der Waals surface area contributed by atoms with E-state index in [1.807, 2.05) is 20.8 Å². The van der Waals surface area contributed by atoms with Crippen molar-refractivity contribution in [2.24, 2.45) is 0 Å². The zero-order valence-corrected chi connectivity index (χ0v) is 12.7. The van der Waals surface area contributed by atoms with Crippen molar-refractivity contribution in [1.29, 1.82) is 0 Å². The molecule has 1 saturated heterocycles. The van der Waals surface area contributed by atoms with Gasteiger partial charge < -0.3 is 10.6 Å². The molecule has 1 amide bonds. The third-order valence-electron chi connectivity index (χ3n) is 3.61. The molecule has 5 heteroatoms. The number of rotatable bonds is 5. The first-order valence-corrected chi connectivity index (χ1v) is 8.26. The lowest BCUT2D eigenvalue weighted by atomic mass is 10.0. The molecule has 0 spiro atoms. The number of nitrogens with one attached hydrogen (secondary N) is 2. The van der Waals surface area contributed by atoms with E-state index in [9.17, 15) is 9.00 Å². The quantitative estimate of drug-likeness (QED) is 0.791.